The quantitative estimate of drug-likeness (QED) is 0.819. The van der Waals surface area contributed by atoms with Crippen molar-refractivity contribution in [3.63, 3.8) is 0 Å². The Morgan fingerprint density at radius 2 is 2.24 bits per heavy atom. The molecule has 0 atom stereocenters. The molecule has 0 unspecified atom stereocenters. The van der Waals surface area contributed by atoms with Gasteiger partial charge in [-0.3, -0.25) is 4.79 Å². The van der Waals surface area contributed by atoms with E-state index in [4.69, 9.17) is 11.2 Å². The van der Waals surface area contributed by atoms with Gasteiger partial charge < -0.3 is 15.2 Å². The van der Waals surface area contributed by atoms with Crippen molar-refractivity contribution in [2.24, 2.45) is 0 Å². The molecule has 1 fully saturated rings. The van der Waals surface area contributed by atoms with Gasteiger partial charge in [-0.2, -0.15) is 8.78 Å². The first kappa shape index (κ1) is 15.3. The van der Waals surface area contributed by atoms with Crippen molar-refractivity contribution in [3.8, 4) is 18.1 Å². The molecule has 1 aliphatic rings. The monoisotopic (exact) mass is 295 g/mol. The first-order valence-corrected chi connectivity index (χ1v) is 6.47. The molecule has 1 aromatic carbocycles. The first-order chi connectivity index (χ1) is 9.89. The Labute approximate surface area is 121 Å². The second-order valence-corrected chi connectivity index (χ2v) is 4.93. The van der Waals surface area contributed by atoms with E-state index in [1.54, 1.807) is 6.07 Å². The lowest BCUT2D eigenvalue weighted by molar-refractivity contribution is -0.212. The van der Waals surface area contributed by atoms with Crippen LogP contribution in [0.4, 0.5) is 14.5 Å². The van der Waals surface area contributed by atoms with Crippen molar-refractivity contribution in [3.05, 3.63) is 24.3 Å². The predicted octanol–water partition coefficient (Wildman–Crippen LogP) is 2.19. The summed E-state index contributed by atoms with van der Waals surface area (Å²) >= 11 is 0. The molecule has 1 amide bonds. The Bertz CT molecular complexity index is 577. The third-order valence-corrected chi connectivity index (χ3v) is 3.46. The number of aliphatic hydroxyl groups is 1. The van der Waals surface area contributed by atoms with E-state index >= 15 is 0 Å². The van der Waals surface area contributed by atoms with Crippen LogP contribution in [0.5, 0.6) is 5.75 Å². The summed E-state index contributed by atoms with van der Waals surface area (Å²) in [5, 5.41) is 11.8. The highest BCUT2D eigenvalue weighted by Crippen LogP contribution is 2.44. The van der Waals surface area contributed by atoms with Gasteiger partial charge in [-0.05, 0) is 31.4 Å². The van der Waals surface area contributed by atoms with Crippen LogP contribution in [0.1, 0.15) is 19.3 Å². The van der Waals surface area contributed by atoms with Crippen LogP contribution in [-0.2, 0) is 4.79 Å². The molecular weight excluding hydrogens is 280 g/mol. The third-order valence-electron chi connectivity index (χ3n) is 3.46. The van der Waals surface area contributed by atoms with Gasteiger partial charge in [-0.1, -0.05) is 12.0 Å². The summed E-state index contributed by atoms with van der Waals surface area (Å²) in [4.78, 5) is 11.7. The highest BCUT2D eigenvalue weighted by Gasteiger charge is 2.61. The van der Waals surface area contributed by atoms with E-state index in [9.17, 15) is 18.7 Å². The zero-order chi connectivity index (χ0) is 15.5. The molecule has 1 aliphatic carbocycles. The van der Waals surface area contributed by atoms with Crippen LogP contribution in [0.25, 0.3) is 0 Å². The zero-order valence-electron chi connectivity index (χ0n) is 11.2. The number of ether oxygens (including phenoxy) is 1. The van der Waals surface area contributed by atoms with E-state index in [1.165, 1.54) is 18.2 Å². The van der Waals surface area contributed by atoms with Crippen molar-refractivity contribution in [2.45, 2.75) is 30.8 Å². The highest BCUT2D eigenvalue weighted by atomic mass is 19.3. The molecule has 21 heavy (non-hydrogen) atoms. The van der Waals surface area contributed by atoms with Crippen LogP contribution in [0, 0.1) is 12.3 Å². The first-order valence-electron chi connectivity index (χ1n) is 6.47. The number of nitrogens with one attached hydrogen (secondary N) is 1. The smallest absolute Gasteiger partial charge is 0.352 e. The van der Waals surface area contributed by atoms with Crippen LogP contribution in [0.15, 0.2) is 24.3 Å². The number of terminal acetylenes is 1. The summed E-state index contributed by atoms with van der Waals surface area (Å²) in [6.45, 7) is 0.0350. The molecule has 1 saturated carbocycles. The van der Waals surface area contributed by atoms with Gasteiger partial charge in [-0.25, -0.2) is 0 Å². The Morgan fingerprint density at radius 3 is 2.81 bits per heavy atom. The lowest BCUT2D eigenvalue weighted by atomic mass is 9.75. The Morgan fingerprint density at radius 1 is 1.52 bits per heavy atom. The number of amides is 1. The molecule has 0 spiro atoms. The molecule has 1 aromatic rings. The SMILES string of the molecule is C#CCOc1cccc(NC(=O)C(F)(F)C2(O)CCC2)c1. The van der Waals surface area contributed by atoms with Crippen LogP contribution in [0.3, 0.4) is 0 Å². The summed E-state index contributed by atoms with van der Waals surface area (Å²) in [6.07, 6.45) is 5.36. The van der Waals surface area contributed by atoms with Gasteiger partial charge in [0.25, 0.3) is 5.91 Å². The average molecular weight is 295 g/mol. The van der Waals surface area contributed by atoms with Gasteiger partial charge in [0.2, 0.25) is 0 Å². The van der Waals surface area contributed by atoms with E-state index in [-0.39, 0.29) is 25.1 Å². The molecule has 0 aromatic heterocycles. The van der Waals surface area contributed by atoms with Gasteiger partial charge in [0.05, 0.1) is 0 Å². The minimum absolute atomic E-state index is 0.0350. The third kappa shape index (κ3) is 2.98. The van der Waals surface area contributed by atoms with Gasteiger partial charge in [0.1, 0.15) is 18.0 Å². The molecule has 2 N–H and O–H groups in total. The van der Waals surface area contributed by atoms with Crippen LogP contribution in [-0.4, -0.2) is 29.1 Å². The van der Waals surface area contributed by atoms with Crippen molar-refractivity contribution in [1.29, 1.82) is 0 Å². The Hall–Kier alpha value is -2.13. The van der Waals surface area contributed by atoms with Gasteiger partial charge in [0, 0.05) is 11.8 Å². The average Bonchev–Trinajstić information content (AvgIpc) is 2.42. The van der Waals surface area contributed by atoms with Crippen molar-refractivity contribution < 1.29 is 23.4 Å². The maximum absolute atomic E-state index is 13.9. The van der Waals surface area contributed by atoms with Crippen LogP contribution < -0.4 is 10.1 Å². The fourth-order valence-electron chi connectivity index (χ4n) is 2.04. The molecule has 4 nitrogen and oxygen atoms in total. The van der Waals surface area contributed by atoms with Gasteiger partial charge in [-0.15, -0.1) is 6.42 Å². The lowest BCUT2D eigenvalue weighted by Crippen LogP contribution is -2.59. The second-order valence-electron chi connectivity index (χ2n) is 4.93. The fourth-order valence-corrected chi connectivity index (χ4v) is 2.04. The number of halogens is 2. The molecule has 0 bridgehead atoms. The Balaban J connectivity index is 2.07. The van der Waals surface area contributed by atoms with Gasteiger partial charge in [0.15, 0.2) is 0 Å². The van der Waals surface area contributed by atoms with E-state index in [0.29, 0.717) is 12.2 Å². The Kier molecular flexibility index (Phi) is 4.14. The zero-order valence-corrected chi connectivity index (χ0v) is 11.2. The minimum atomic E-state index is -3.83. The molecule has 0 radical (unpaired) electrons. The summed E-state index contributed by atoms with van der Waals surface area (Å²) < 4.78 is 33.0. The van der Waals surface area contributed by atoms with E-state index < -0.39 is 17.4 Å². The largest absolute Gasteiger partial charge is 0.481 e. The number of alkyl halides is 2. The highest BCUT2D eigenvalue weighted by molar-refractivity contribution is 5.97. The fraction of sp³-hybridized carbons (Fsp3) is 0.400. The maximum Gasteiger partial charge on any atom is 0.352 e. The summed E-state index contributed by atoms with van der Waals surface area (Å²) in [5.41, 5.74) is -2.09. The predicted molar refractivity (Wildman–Crippen MR) is 73.1 cm³/mol. The van der Waals surface area contributed by atoms with Crippen LogP contribution >= 0.6 is 0 Å². The van der Waals surface area contributed by atoms with Crippen molar-refractivity contribution >= 4 is 11.6 Å². The normalized spacial score (nSPS) is 16.5. The molecule has 0 heterocycles. The number of anilines is 1. The van der Waals surface area contributed by atoms with Crippen molar-refractivity contribution in [2.75, 3.05) is 11.9 Å². The molecule has 112 valence electrons. The van der Waals surface area contributed by atoms with Crippen LogP contribution in [0.2, 0.25) is 0 Å². The molecular formula is C15H15F2NO3. The number of carbonyl (C=O) groups is 1. The molecule has 6 heteroatoms. The topological polar surface area (TPSA) is 58.6 Å². The number of rotatable bonds is 5. The van der Waals surface area contributed by atoms with E-state index in [0.717, 1.165) is 0 Å². The second kappa shape index (κ2) is 5.70. The number of carbonyl (C=O) groups excluding carboxylic acids is 1. The lowest BCUT2D eigenvalue weighted by Gasteiger charge is -2.41. The van der Waals surface area contributed by atoms with E-state index in [1.807, 2.05) is 0 Å². The summed E-state index contributed by atoms with van der Waals surface area (Å²) in [5.74, 6) is -2.73. The minimum Gasteiger partial charge on any atom is -0.481 e. The number of hydrogen-bond donors (Lipinski definition) is 2. The molecule has 2 rings (SSSR count). The summed E-state index contributed by atoms with van der Waals surface area (Å²) in [6, 6.07) is 5.96. The standard InChI is InChI=1S/C15H15F2NO3/c1-2-9-21-12-6-3-5-11(10-12)18-13(19)15(16,17)14(20)7-4-8-14/h1,3,5-6,10,20H,4,7-9H2,(H,18,19). The molecule has 0 saturated heterocycles. The number of benzene rings is 1. The van der Waals surface area contributed by atoms with Gasteiger partial charge >= 0.3 is 5.92 Å². The number of hydrogen-bond acceptors (Lipinski definition) is 3. The summed E-state index contributed by atoms with van der Waals surface area (Å²) in [7, 11) is 0. The van der Waals surface area contributed by atoms with Crippen molar-refractivity contribution in [1.82, 2.24) is 0 Å². The van der Waals surface area contributed by atoms with E-state index in [2.05, 4.69) is 11.2 Å². The molecule has 0 aliphatic heterocycles. The maximum atomic E-state index is 13.9.